The molecule has 2 aromatic rings. The number of thiophene rings is 1. The molecule has 0 saturated carbocycles. The van der Waals surface area contributed by atoms with E-state index in [-0.39, 0.29) is 10.8 Å². The third kappa shape index (κ3) is 3.39. The molecule has 8 heteroatoms. The van der Waals surface area contributed by atoms with Crippen molar-refractivity contribution in [2.75, 3.05) is 0 Å². The summed E-state index contributed by atoms with van der Waals surface area (Å²) in [6, 6.07) is 2.15. The van der Waals surface area contributed by atoms with Crippen LogP contribution in [0.4, 0.5) is 0 Å². The fraction of sp³-hybridized carbons (Fsp3) is 0.385. The molecule has 21 heavy (non-hydrogen) atoms. The Labute approximate surface area is 126 Å². The topological polar surface area (TPSA) is 96.4 Å². The van der Waals surface area contributed by atoms with E-state index in [4.69, 9.17) is 0 Å². The van der Waals surface area contributed by atoms with Gasteiger partial charge in [-0.1, -0.05) is 20.3 Å². The number of sulfonamides is 1. The summed E-state index contributed by atoms with van der Waals surface area (Å²) in [6.07, 6.45) is 1.80. The number of hydrogen-bond acceptors (Lipinski definition) is 5. The predicted molar refractivity (Wildman–Crippen MR) is 80.8 cm³/mol. The highest BCUT2D eigenvalue weighted by atomic mass is 32.2. The van der Waals surface area contributed by atoms with Crippen LogP contribution in [0.3, 0.4) is 0 Å². The van der Waals surface area contributed by atoms with E-state index >= 15 is 0 Å². The number of nitrogens with zero attached hydrogens (tertiary/aromatic N) is 1. The largest absolute Gasteiger partial charge is 0.480 e. The van der Waals surface area contributed by atoms with E-state index in [9.17, 15) is 18.3 Å². The molecule has 6 nitrogen and oxygen atoms in total. The average Bonchev–Trinajstić information content (AvgIpc) is 2.91. The van der Waals surface area contributed by atoms with Crippen molar-refractivity contribution in [1.82, 2.24) is 9.71 Å². The van der Waals surface area contributed by atoms with Crippen molar-refractivity contribution < 1.29 is 18.3 Å². The molecule has 2 aromatic heterocycles. The molecule has 0 aliphatic heterocycles. The van der Waals surface area contributed by atoms with Crippen molar-refractivity contribution in [2.24, 2.45) is 5.92 Å². The highest BCUT2D eigenvalue weighted by Crippen LogP contribution is 2.22. The molecule has 0 fully saturated rings. The van der Waals surface area contributed by atoms with Gasteiger partial charge >= 0.3 is 5.97 Å². The smallest absolute Gasteiger partial charge is 0.322 e. The maximum atomic E-state index is 12.3. The van der Waals surface area contributed by atoms with Crippen LogP contribution in [0.1, 0.15) is 20.3 Å². The highest BCUT2D eigenvalue weighted by molar-refractivity contribution is 7.89. The Bertz CT molecular complexity index is 754. The van der Waals surface area contributed by atoms with E-state index in [1.807, 2.05) is 12.3 Å². The maximum Gasteiger partial charge on any atom is 0.322 e. The second-order valence-electron chi connectivity index (χ2n) is 4.80. The molecule has 0 aliphatic carbocycles. The molecule has 0 aromatic carbocycles. The summed E-state index contributed by atoms with van der Waals surface area (Å²) in [4.78, 5) is 15.3. The average molecular weight is 328 g/mol. The summed E-state index contributed by atoms with van der Waals surface area (Å²) in [5.41, 5.74) is 0.718. The van der Waals surface area contributed by atoms with E-state index in [1.165, 1.54) is 23.6 Å². The summed E-state index contributed by atoms with van der Waals surface area (Å²) < 4.78 is 27.6. The molecule has 2 atom stereocenters. The zero-order valence-electron chi connectivity index (χ0n) is 11.6. The third-order valence-corrected chi connectivity index (χ3v) is 5.61. The van der Waals surface area contributed by atoms with Gasteiger partial charge in [-0.05, 0) is 23.4 Å². The molecule has 0 spiro atoms. The number of nitrogens with one attached hydrogen (secondary N) is 1. The SMILES string of the molecule is CC[C@H](C)[C@H](NS(=O)(=O)c1cnc2ccsc2c1)C(=O)O. The second-order valence-corrected chi connectivity index (χ2v) is 7.46. The number of fused-ring (bicyclic) bond motifs is 1. The molecule has 0 saturated heterocycles. The Balaban J connectivity index is 2.34. The highest BCUT2D eigenvalue weighted by Gasteiger charge is 2.29. The Kier molecular flexibility index (Phi) is 4.60. The molecule has 0 amide bonds. The summed E-state index contributed by atoms with van der Waals surface area (Å²) in [7, 11) is -3.92. The van der Waals surface area contributed by atoms with Gasteiger partial charge < -0.3 is 5.11 Å². The molecule has 2 heterocycles. The molecule has 2 rings (SSSR count). The van der Waals surface area contributed by atoms with Crippen LogP contribution < -0.4 is 4.72 Å². The number of hydrogen-bond donors (Lipinski definition) is 2. The van der Waals surface area contributed by atoms with E-state index in [1.54, 1.807) is 13.0 Å². The lowest BCUT2D eigenvalue weighted by Gasteiger charge is -2.19. The first-order chi connectivity index (χ1) is 9.85. The second kappa shape index (κ2) is 6.08. The molecular formula is C13H16N2O4S2. The number of carboxylic acid groups (broad SMARTS) is 1. The van der Waals surface area contributed by atoms with Crippen molar-refractivity contribution in [3.63, 3.8) is 0 Å². The third-order valence-electron chi connectivity index (χ3n) is 3.35. The van der Waals surface area contributed by atoms with Crippen molar-refractivity contribution in [3.8, 4) is 0 Å². The van der Waals surface area contributed by atoms with E-state index in [2.05, 4.69) is 9.71 Å². The maximum absolute atomic E-state index is 12.3. The molecule has 0 radical (unpaired) electrons. The van der Waals surface area contributed by atoms with Crippen molar-refractivity contribution in [3.05, 3.63) is 23.7 Å². The van der Waals surface area contributed by atoms with E-state index < -0.39 is 22.0 Å². The van der Waals surface area contributed by atoms with Gasteiger partial charge in [-0.15, -0.1) is 11.3 Å². The number of pyridine rings is 1. The summed E-state index contributed by atoms with van der Waals surface area (Å²) >= 11 is 1.38. The van der Waals surface area contributed by atoms with E-state index in [0.717, 1.165) is 10.2 Å². The lowest BCUT2D eigenvalue weighted by atomic mass is 10.0. The first-order valence-electron chi connectivity index (χ1n) is 6.43. The lowest BCUT2D eigenvalue weighted by Crippen LogP contribution is -2.44. The Hall–Kier alpha value is -1.51. The van der Waals surface area contributed by atoms with Gasteiger partial charge in [0.05, 0.1) is 10.2 Å². The van der Waals surface area contributed by atoms with Gasteiger partial charge in [0, 0.05) is 6.20 Å². The first kappa shape index (κ1) is 15.9. The Morgan fingerprint density at radius 1 is 1.52 bits per heavy atom. The van der Waals surface area contributed by atoms with Crippen molar-refractivity contribution in [2.45, 2.75) is 31.2 Å². The van der Waals surface area contributed by atoms with Gasteiger partial charge in [0.2, 0.25) is 10.0 Å². The molecule has 0 bridgehead atoms. The van der Waals surface area contributed by atoms with Crippen LogP contribution in [0.25, 0.3) is 10.2 Å². The fourth-order valence-corrected chi connectivity index (χ4v) is 3.98. The molecule has 114 valence electrons. The monoisotopic (exact) mass is 328 g/mol. The van der Waals surface area contributed by atoms with Gasteiger partial charge in [0.15, 0.2) is 0 Å². The molecular weight excluding hydrogens is 312 g/mol. The van der Waals surface area contributed by atoms with Crippen LogP contribution in [-0.4, -0.2) is 30.5 Å². The standard InChI is InChI=1S/C13H16N2O4S2/c1-3-8(2)12(13(16)17)15-21(18,19)9-6-11-10(14-7-9)4-5-20-11/h4-8,12,15H,3H2,1-2H3,(H,16,17)/t8-,12-/m0/s1. The minimum atomic E-state index is -3.92. The number of rotatable bonds is 6. The van der Waals surface area contributed by atoms with E-state index in [0.29, 0.717) is 6.42 Å². The Morgan fingerprint density at radius 2 is 2.24 bits per heavy atom. The molecule has 2 N–H and O–H groups in total. The molecule has 0 aliphatic rings. The van der Waals surface area contributed by atoms with Crippen LogP contribution in [0.2, 0.25) is 0 Å². The fourth-order valence-electron chi connectivity index (χ4n) is 1.86. The Morgan fingerprint density at radius 3 is 2.86 bits per heavy atom. The number of aliphatic carboxylic acids is 1. The van der Waals surface area contributed by atoms with Crippen LogP contribution >= 0.6 is 11.3 Å². The normalized spacial score (nSPS) is 15.0. The van der Waals surface area contributed by atoms with Gasteiger partial charge in [0.25, 0.3) is 0 Å². The van der Waals surface area contributed by atoms with Gasteiger partial charge in [0.1, 0.15) is 10.9 Å². The van der Waals surface area contributed by atoms with Crippen molar-refractivity contribution >= 4 is 37.5 Å². The quantitative estimate of drug-likeness (QED) is 0.846. The van der Waals surface area contributed by atoms with Crippen LogP contribution in [0.15, 0.2) is 28.6 Å². The summed E-state index contributed by atoms with van der Waals surface area (Å²) in [5.74, 6) is -1.49. The van der Waals surface area contributed by atoms with Crippen LogP contribution in [0.5, 0.6) is 0 Å². The predicted octanol–water partition coefficient (Wildman–Crippen LogP) is 2.07. The molecule has 0 unspecified atom stereocenters. The lowest BCUT2D eigenvalue weighted by molar-refractivity contribution is -0.140. The van der Waals surface area contributed by atoms with Crippen LogP contribution in [0, 0.1) is 5.92 Å². The van der Waals surface area contributed by atoms with Gasteiger partial charge in [-0.2, -0.15) is 4.72 Å². The van der Waals surface area contributed by atoms with Crippen molar-refractivity contribution in [1.29, 1.82) is 0 Å². The zero-order chi connectivity index (χ0) is 15.6. The first-order valence-corrected chi connectivity index (χ1v) is 8.80. The zero-order valence-corrected chi connectivity index (χ0v) is 13.2. The number of carbonyl (C=O) groups is 1. The summed E-state index contributed by atoms with van der Waals surface area (Å²) in [6.45, 7) is 3.51. The van der Waals surface area contributed by atoms with Gasteiger partial charge in [-0.3, -0.25) is 9.78 Å². The number of aromatic nitrogens is 1. The number of carboxylic acids is 1. The van der Waals surface area contributed by atoms with Gasteiger partial charge in [-0.25, -0.2) is 8.42 Å². The minimum absolute atomic E-state index is 0.0213. The minimum Gasteiger partial charge on any atom is -0.480 e. The summed E-state index contributed by atoms with van der Waals surface area (Å²) in [5, 5.41) is 11.0. The van der Waals surface area contributed by atoms with Crippen LogP contribution in [-0.2, 0) is 14.8 Å².